The fraction of sp³-hybridized carbons (Fsp3) is 0.600. The van der Waals surface area contributed by atoms with Crippen LogP contribution in [0.15, 0.2) is 12.7 Å². The van der Waals surface area contributed by atoms with Gasteiger partial charge in [-0.15, -0.1) is 6.58 Å². The Morgan fingerprint density at radius 1 is 1.23 bits per heavy atom. The second kappa shape index (κ2) is 6.03. The maximum atomic E-state index is 5.81. The normalized spacial score (nSPS) is 36.1. The quantitative estimate of drug-likeness (QED) is 0.463. The molecular formula is C5H16O4Si4. The zero-order valence-electron chi connectivity index (χ0n) is 7.95. The largest absolute Gasteiger partial charge is 0.425 e. The van der Waals surface area contributed by atoms with Crippen LogP contribution in [0.25, 0.3) is 0 Å². The predicted molar refractivity (Wildman–Crippen MR) is 61.2 cm³/mol. The first-order valence-corrected chi connectivity index (χ1v) is 10.1. The molecule has 1 aliphatic heterocycles. The van der Waals surface area contributed by atoms with Crippen LogP contribution in [0, 0.1) is 0 Å². The Balaban J connectivity index is 2.52. The third-order valence-corrected chi connectivity index (χ3v) is 11.8. The molecule has 0 saturated carbocycles. The van der Waals surface area contributed by atoms with Crippen LogP contribution in [0.5, 0.6) is 0 Å². The summed E-state index contributed by atoms with van der Waals surface area (Å²) in [7, 11) is -4.38. The second-order valence-corrected chi connectivity index (χ2v) is 12.0. The lowest BCUT2D eigenvalue weighted by Gasteiger charge is -2.31. The van der Waals surface area contributed by atoms with Crippen molar-refractivity contribution < 1.29 is 16.5 Å². The summed E-state index contributed by atoms with van der Waals surface area (Å²) in [5.74, 6) is 0. The number of allylic oxidation sites excluding steroid dienone is 1. The Hall–Kier alpha value is 0.448. The maximum absolute atomic E-state index is 5.81. The Morgan fingerprint density at radius 2 is 1.85 bits per heavy atom. The molecule has 0 bridgehead atoms. The van der Waals surface area contributed by atoms with Crippen LogP contribution in [0.3, 0.4) is 0 Å². The molecule has 1 heterocycles. The van der Waals surface area contributed by atoms with E-state index in [1.54, 1.807) is 0 Å². The van der Waals surface area contributed by atoms with E-state index in [-0.39, 0.29) is 0 Å². The van der Waals surface area contributed by atoms with Crippen LogP contribution in [-0.4, -0.2) is 38.6 Å². The van der Waals surface area contributed by atoms with Crippen LogP contribution in [0.2, 0.25) is 12.1 Å². The van der Waals surface area contributed by atoms with Gasteiger partial charge in [-0.05, 0) is 6.04 Å². The summed E-state index contributed by atoms with van der Waals surface area (Å²) in [5, 5.41) is 0. The van der Waals surface area contributed by atoms with E-state index in [0.29, 0.717) is 0 Å². The smallest absolute Gasteiger partial charge is 0.323 e. The first-order chi connectivity index (χ1) is 6.33. The molecule has 1 aliphatic rings. The van der Waals surface area contributed by atoms with Gasteiger partial charge in [0.25, 0.3) is 30.0 Å². The van der Waals surface area contributed by atoms with E-state index in [1.165, 1.54) is 0 Å². The van der Waals surface area contributed by atoms with Crippen LogP contribution in [0.1, 0.15) is 6.92 Å². The van der Waals surface area contributed by atoms with Gasteiger partial charge in [0.15, 0.2) is 0 Å². The van der Waals surface area contributed by atoms with Crippen LogP contribution >= 0.6 is 0 Å². The Bertz CT molecular complexity index is 159. The Labute approximate surface area is 87.0 Å². The van der Waals surface area contributed by atoms with Gasteiger partial charge >= 0.3 is 8.56 Å². The zero-order valence-corrected chi connectivity index (χ0v) is 13.2. The van der Waals surface area contributed by atoms with E-state index in [0.717, 1.165) is 12.1 Å². The number of hydrogen-bond donors (Lipinski definition) is 0. The lowest BCUT2D eigenvalue weighted by molar-refractivity contribution is 0.307. The molecule has 13 heavy (non-hydrogen) atoms. The van der Waals surface area contributed by atoms with E-state index in [1.807, 2.05) is 6.08 Å². The topological polar surface area (TPSA) is 36.9 Å². The van der Waals surface area contributed by atoms with Crippen molar-refractivity contribution >= 4 is 38.6 Å². The van der Waals surface area contributed by atoms with Crippen molar-refractivity contribution in [3.8, 4) is 0 Å². The molecular weight excluding hydrogens is 236 g/mol. The molecule has 8 heteroatoms. The molecule has 4 nitrogen and oxygen atoms in total. The lowest BCUT2D eigenvalue weighted by Crippen LogP contribution is -2.46. The molecule has 76 valence electrons. The van der Waals surface area contributed by atoms with E-state index >= 15 is 0 Å². The fourth-order valence-electron chi connectivity index (χ4n) is 1.15. The fourth-order valence-corrected chi connectivity index (χ4v) is 11.5. The van der Waals surface area contributed by atoms with Gasteiger partial charge in [0.05, 0.1) is 0 Å². The molecule has 1 fully saturated rings. The average Bonchev–Trinajstić information content (AvgIpc) is 2.10. The van der Waals surface area contributed by atoms with Gasteiger partial charge in [0.1, 0.15) is 0 Å². The van der Waals surface area contributed by atoms with Gasteiger partial charge in [-0.3, -0.25) is 0 Å². The summed E-state index contributed by atoms with van der Waals surface area (Å²) in [6.45, 7) is 5.84. The van der Waals surface area contributed by atoms with E-state index in [2.05, 4.69) is 13.5 Å². The minimum absolute atomic E-state index is 0.749. The van der Waals surface area contributed by atoms with Crippen molar-refractivity contribution in [1.29, 1.82) is 0 Å². The van der Waals surface area contributed by atoms with Crippen LogP contribution in [0.4, 0.5) is 0 Å². The zero-order chi connectivity index (χ0) is 9.57. The van der Waals surface area contributed by atoms with Crippen molar-refractivity contribution in [3.63, 3.8) is 0 Å². The highest BCUT2D eigenvalue weighted by Crippen LogP contribution is 2.19. The molecule has 0 spiro atoms. The van der Waals surface area contributed by atoms with Gasteiger partial charge < -0.3 is 16.5 Å². The van der Waals surface area contributed by atoms with E-state index in [9.17, 15) is 0 Å². The highest BCUT2D eigenvalue weighted by molar-refractivity contribution is 6.75. The van der Waals surface area contributed by atoms with E-state index in [4.69, 9.17) is 16.5 Å². The monoisotopic (exact) mass is 252 g/mol. The summed E-state index contributed by atoms with van der Waals surface area (Å²) in [6, 6.07) is 1.82. The number of rotatable bonds is 3. The lowest BCUT2D eigenvalue weighted by atomic mass is 10.8. The highest BCUT2D eigenvalue weighted by Gasteiger charge is 2.34. The van der Waals surface area contributed by atoms with Crippen molar-refractivity contribution in [3.05, 3.63) is 12.7 Å². The van der Waals surface area contributed by atoms with Crippen molar-refractivity contribution in [2.75, 3.05) is 0 Å². The minimum Gasteiger partial charge on any atom is -0.425 e. The minimum atomic E-state index is -1.96. The molecule has 0 radical (unpaired) electrons. The standard InChI is InChI=1S/C5H16O4Si4/c1-3-5-13(4-2)8-11-6-10-7-12-9-13/h3H,1,4-5,10-12H2,2H3. The summed E-state index contributed by atoms with van der Waals surface area (Å²) < 4.78 is 22.4. The average molecular weight is 253 g/mol. The first kappa shape index (κ1) is 11.5. The van der Waals surface area contributed by atoms with Gasteiger partial charge in [0.2, 0.25) is 0 Å². The number of hydrogen-bond acceptors (Lipinski definition) is 4. The van der Waals surface area contributed by atoms with Crippen LogP contribution < -0.4 is 0 Å². The van der Waals surface area contributed by atoms with Crippen molar-refractivity contribution in [2.24, 2.45) is 0 Å². The summed E-state index contributed by atoms with van der Waals surface area (Å²) in [4.78, 5) is 0. The third kappa shape index (κ3) is 3.59. The maximum Gasteiger partial charge on any atom is 0.323 e. The summed E-state index contributed by atoms with van der Waals surface area (Å²) >= 11 is 0. The Kier molecular flexibility index (Phi) is 5.34. The van der Waals surface area contributed by atoms with Gasteiger partial charge in [-0.1, -0.05) is 13.0 Å². The summed E-state index contributed by atoms with van der Waals surface area (Å²) in [5.41, 5.74) is 0. The molecule has 1 rings (SSSR count). The molecule has 0 aromatic carbocycles. The molecule has 0 aromatic rings. The first-order valence-electron chi connectivity index (χ1n) is 4.37. The third-order valence-electron chi connectivity index (χ3n) is 1.97. The molecule has 0 unspecified atom stereocenters. The SMILES string of the molecule is C=CC[Si]1(CC)O[SiH2]O[SiH2]O[SiH2]O1. The Morgan fingerprint density at radius 3 is 2.31 bits per heavy atom. The van der Waals surface area contributed by atoms with Gasteiger partial charge in [0, 0.05) is 6.04 Å². The molecule has 1 saturated heterocycles. The molecule has 0 aromatic heterocycles. The summed E-state index contributed by atoms with van der Waals surface area (Å²) in [6.07, 6.45) is 1.89. The highest BCUT2D eigenvalue weighted by atomic mass is 28.5. The second-order valence-electron chi connectivity index (χ2n) is 2.81. The molecule has 0 atom stereocenters. The predicted octanol–water partition coefficient (Wildman–Crippen LogP) is -1.29. The molecule has 0 amide bonds. The van der Waals surface area contributed by atoms with Gasteiger partial charge in [-0.2, -0.15) is 0 Å². The van der Waals surface area contributed by atoms with Crippen molar-refractivity contribution in [1.82, 2.24) is 0 Å². The van der Waals surface area contributed by atoms with E-state index < -0.39 is 38.6 Å². The molecule has 0 N–H and O–H groups in total. The van der Waals surface area contributed by atoms with Gasteiger partial charge in [-0.25, -0.2) is 0 Å². The van der Waals surface area contributed by atoms with Crippen molar-refractivity contribution in [2.45, 2.75) is 19.0 Å². The molecule has 0 aliphatic carbocycles. The van der Waals surface area contributed by atoms with Crippen LogP contribution in [-0.2, 0) is 16.5 Å².